The number of nitrogens with two attached hydrogens (primary N) is 1. The van der Waals surface area contributed by atoms with Gasteiger partial charge < -0.3 is 10.5 Å². The summed E-state index contributed by atoms with van der Waals surface area (Å²) >= 11 is 0. The number of carbonyl (C=O) groups is 1. The number of hydrogen-bond acceptors (Lipinski definition) is 4. The number of nitrogens with one attached hydrogen (secondary N) is 1. The molecule has 1 aromatic heterocycles. The molecule has 134 valence electrons. The second kappa shape index (κ2) is 7.66. The SMILES string of the molecule is CC(C)c1ccc(C(N)c2cccnc2NC(=O)OC(C)(C)C)cc1. The Kier molecular flexibility index (Phi) is 5.80. The van der Waals surface area contributed by atoms with Crippen LogP contribution in [0.5, 0.6) is 0 Å². The van der Waals surface area contributed by atoms with Crippen molar-refractivity contribution in [2.45, 2.75) is 52.2 Å². The van der Waals surface area contributed by atoms with E-state index in [4.69, 9.17) is 10.5 Å². The topological polar surface area (TPSA) is 77.2 Å². The number of benzene rings is 1. The standard InChI is InChI=1S/C20H27N3O2/c1-13(2)14-8-10-15(11-9-14)17(21)16-7-6-12-22-18(16)23-19(24)25-20(3,4)5/h6-13,17H,21H2,1-5H3,(H,22,23,24). The van der Waals surface area contributed by atoms with Crippen LogP contribution in [0.2, 0.25) is 0 Å². The van der Waals surface area contributed by atoms with E-state index in [9.17, 15) is 4.79 Å². The number of amides is 1. The average Bonchev–Trinajstić information content (AvgIpc) is 2.53. The zero-order valence-corrected chi connectivity index (χ0v) is 15.5. The van der Waals surface area contributed by atoms with Crippen LogP contribution in [0.25, 0.3) is 0 Å². The molecule has 5 heteroatoms. The first-order valence-corrected chi connectivity index (χ1v) is 8.47. The first-order valence-electron chi connectivity index (χ1n) is 8.47. The van der Waals surface area contributed by atoms with Crippen LogP contribution < -0.4 is 11.1 Å². The van der Waals surface area contributed by atoms with Gasteiger partial charge in [-0.15, -0.1) is 0 Å². The van der Waals surface area contributed by atoms with Gasteiger partial charge in [0.15, 0.2) is 0 Å². The lowest BCUT2D eigenvalue weighted by Crippen LogP contribution is -2.28. The molecule has 0 saturated carbocycles. The molecule has 0 aliphatic heterocycles. The molecule has 0 spiro atoms. The van der Waals surface area contributed by atoms with Crippen molar-refractivity contribution in [3.8, 4) is 0 Å². The van der Waals surface area contributed by atoms with E-state index >= 15 is 0 Å². The zero-order chi connectivity index (χ0) is 18.6. The minimum absolute atomic E-state index is 0.389. The molecule has 0 saturated heterocycles. The quantitative estimate of drug-likeness (QED) is 0.852. The minimum atomic E-state index is -0.576. The molecule has 1 heterocycles. The lowest BCUT2D eigenvalue weighted by molar-refractivity contribution is 0.0635. The molecule has 0 fully saturated rings. The molecule has 3 N–H and O–H groups in total. The van der Waals surface area contributed by atoms with E-state index in [-0.39, 0.29) is 6.04 Å². The van der Waals surface area contributed by atoms with Crippen LogP contribution >= 0.6 is 0 Å². The van der Waals surface area contributed by atoms with Crippen molar-refractivity contribution in [1.82, 2.24) is 4.98 Å². The van der Waals surface area contributed by atoms with Crippen molar-refractivity contribution in [1.29, 1.82) is 0 Å². The highest BCUT2D eigenvalue weighted by atomic mass is 16.6. The summed E-state index contributed by atoms with van der Waals surface area (Å²) in [5.41, 5.74) is 8.80. The Balaban J connectivity index is 2.22. The van der Waals surface area contributed by atoms with E-state index in [0.717, 1.165) is 11.1 Å². The maximum Gasteiger partial charge on any atom is 0.413 e. The second-order valence-corrected chi connectivity index (χ2v) is 7.37. The van der Waals surface area contributed by atoms with Crippen LogP contribution in [0.1, 0.15) is 63.3 Å². The Morgan fingerprint density at radius 3 is 2.28 bits per heavy atom. The normalized spacial score (nSPS) is 12.8. The first-order chi connectivity index (χ1) is 11.7. The minimum Gasteiger partial charge on any atom is -0.444 e. The van der Waals surface area contributed by atoms with Crippen LogP contribution in [0.3, 0.4) is 0 Å². The van der Waals surface area contributed by atoms with Gasteiger partial charge in [-0.3, -0.25) is 5.32 Å². The Morgan fingerprint density at radius 1 is 1.12 bits per heavy atom. The first kappa shape index (κ1) is 18.9. The molecule has 0 bridgehead atoms. The van der Waals surface area contributed by atoms with Gasteiger partial charge >= 0.3 is 6.09 Å². The number of nitrogens with zero attached hydrogens (tertiary/aromatic N) is 1. The molecule has 0 aliphatic carbocycles. The van der Waals surface area contributed by atoms with Crippen LogP contribution in [-0.4, -0.2) is 16.7 Å². The summed E-state index contributed by atoms with van der Waals surface area (Å²) in [6.45, 7) is 9.74. The lowest BCUT2D eigenvalue weighted by Gasteiger charge is -2.21. The zero-order valence-electron chi connectivity index (χ0n) is 15.5. The highest BCUT2D eigenvalue weighted by molar-refractivity contribution is 5.84. The van der Waals surface area contributed by atoms with Gasteiger partial charge in [-0.05, 0) is 43.9 Å². The maximum atomic E-state index is 12.0. The third kappa shape index (κ3) is 5.29. The summed E-state index contributed by atoms with van der Waals surface area (Å²) in [7, 11) is 0. The number of carbonyl (C=O) groups excluding carboxylic acids is 1. The van der Waals surface area contributed by atoms with Crippen molar-refractivity contribution in [2.24, 2.45) is 5.73 Å². The van der Waals surface area contributed by atoms with Gasteiger partial charge in [0.05, 0.1) is 6.04 Å². The van der Waals surface area contributed by atoms with Crippen LogP contribution in [-0.2, 0) is 4.74 Å². The third-order valence-electron chi connectivity index (χ3n) is 3.76. The fraction of sp³-hybridized carbons (Fsp3) is 0.400. The number of hydrogen-bond donors (Lipinski definition) is 2. The smallest absolute Gasteiger partial charge is 0.413 e. The highest BCUT2D eigenvalue weighted by Gasteiger charge is 2.20. The summed E-state index contributed by atoms with van der Waals surface area (Å²) in [5, 5.41) is 2.70. The summed E-state index contributed by atoms with van der Waals surface area (Å²) in [6, 6.07) is 11.5. The fourth-order valence-corrected chi connectivity index (χ4v) is 2.44. The molecule has 25 heavy (non-hydrogen) atoms. The number of aromatic nitrogens is 1. The van der Waals surface area contributed by atoms with E-state index in [1.807, 2.05) is 39.0 Å². The van der Waals surface area contributed by atoms with Crippen molar-refractivity contribution >= 4 is 11.9 Å². The Morgan fingerprint density at radius 2 is 1.72 bits per heavy atom. The maximum absolute atomic E-state index is 12.0. The van der Waals surface area contributed by atoms with E-state index in [0.29, 0.717) is 11.7 Å². The molecule has 0 radical (unpaired) electrons. The molecular formula is C20H27N3O2. The number of pyridine rings is 1. The van der Waals surface area contributed by atoms with Crippen LogP contribution in [0, 0.1) is 0 Å². The van der Waals surface area contributed by atoms with Gasteiger partial charge in [-0.1, -0.05) is 44.2 Å². The Bertz CT molecular complexity index is 718. The van der Waals surface area contributed by atoms with Gasteiger partial charge in [-0.25, -0.2) is 9.78 Å². The molecule has 2 aromatic rings. The Labute approximate surface area is 149 Å². The molecule has 5 nitrogen and oxygen atoms in total. The Hall–Kier alpha value is -2.40. The van der Waals surface area contributed by atoms with Gasteiger partial charge in [0.2, 0.25) is 0 Å². The van der Waals surface area contributed by atoms with Crippen molar-refractivity contribution in [2.75, 3.05) is 5.32 Å². The molecule has 2 rings (SSSR count). The predicted molar refractivity (Wildman–Crippen MR) is 101 cm³/mol. The van der Waals surface area contributed by atoms with E-state index < -0.39 is 11.7 Å². The summed E-state index contributed by atoms with van der Waals surface area (Å²) in [5.74, 6) is 0.880. The summed E-state index contributed by atoms with van der Waals surface area (Å²) < 4.78 is 5.29. The van der Waals surface area contributed by atoms with E-state index in [1.54, 1.807) is 12.3 Å². The molecule has 1 aromatic carbocycles. The highest BCUT2D eigenvalue weighted by Crippen LogP contribution is 2.26. The van der Waals surface area contributed by atoms with E-state index in [1.165, 1.54) is 5.56 Å². The van der Waals surface area contributed by atoms with Crippen molar-refractivity contribution in [3.05, 3.63) is 59.3 Å². The van der Waals surface area contributed by atoms with Gasteiger partial charge in [0, 0.05) is 11.8 Å². The molecular weight excluding hydrogens is 314 g/mol. The van der Waals surface area contributed by atoms with E-state index in [2.05, 4.69) is 36.3 Å². The monoisotopic (exact) mass is 341 g/mol. The van der Waals surface area contributed by atoms with Crippen molar-refractivity contribution in [3.63, 3.8) is 0 Å². The van der Waals surface area contributed by atoms with Gasteiger partial charge in [0.1, 0.15) is 11.4 Å². The largest absolute Gasteiger partial charge is 0.444 e. The van der Waals surface area contributed by atoms with Crippen molar-refractivity contribution < 1.29 is 9.53 Å². The second-order valence-electron chi connectivity index (χ2n) is 7.37. The number of rotatable bonds is 4. The summed E-state index contributed by atoms with van der Waals surface area (Å²) in [6.07, 6.45) is 1.07. The fourth-order valence-electron chi connectivity index (χ4n) is 2.44. The number of anilines is 1. The molecule has 1 atom stereocenters. The summed E-state index contributed by atoms with van der Waals surface area (Å²) in [4.78, 5) is 16.3. The van der Waals surface area contributed by atoms with Gasteiger partial charge in [0.25, 0.3) is 0 Å². The predicted octanol–water partition coefficient (Wildman–Crippen LogP) is 4.60. The molecule has 0 aliphatic rings. The third-order valence-corrected chi connectivity index (χ3v) is 3.76. The number of ether oxygens (including phenoxy) is 1. The van der Waals surface area contributed by atoms with Gasteiger partial charge in [-0.2, -0.15) is 0 Å². The molecule has 1 amide bonds. The molecule has 1 unspecified atom stereocenters. The average molecular weight is 341 g/mol. The van der Waals surface area contributed by atoms with Crippen LogP contribution in [0.15, 0.2) is 42.6 Å². The van der Waals surface area contributed by atoms with Crippen LogP contribution in [0.4, 0.5) is 10.6 Å². The lowest BCUT2D eigenvalue weighted by atomic mass is 9.96.